The number of urea groups is 1. The maximum absolute atomic E-state index is 13.3. The van der Waals surface area contributed by atoms with Gasteiger partial charge < -0.3 is 15.4 Å². The number of carbonyl (C=O) groups is 2. The van der Waals surface area contributed by atoms with Crippen LogP contribution in [0.25, 0.3) is 0 Å². The van der Waals surface area contributed by atoms with Crippen LogP contribution in [0.3, 0.4) is 0 Å². The van der Waals surface area contributed by atoms with Crippen molar-refractivity contribution in [3.63, 3.8) is 0 Å². The van der Waals surface area contributed by atoms with E-state index in [2.05, 4.69) is 15.4 Å². The van der Waals surface area contributed by atoms with Crippen LogP contribution >= 0.6 is 0 Å². The van der Waals surface area contributed by atoms with Crippen LogP contribution in [0.2, 0.25) is 0 Å². The zero-order valence-electron chi connectivity index (χ0n) is 15.9. The summed E-state index contributed by atoms with van der Waals surface area (Å²) in [6.45, 7) is 0.341. The fraction of sp³-hybridized carbons (Fsp3) is 0.364. The molecule has 0 aliphatic heterocycles. The summed E-state index contributed by atoms with van der Waals surface area (Å²) in [7, 11) is 1.34. The molecule has 1 saturated carbocycles. The lowest BCUT2D eigenvalue weighted by molar-refractivity contribution is 0.0600. The molecule has 2 N–H and O–H groups in total. The quantitative estimate of drug-likeness (QED) is 0.728. The van der Waals surface area contributed by atoms with E-state index in [9.17, 15) is 14.0 Å². The molecule has 1 aliphatic carbocycles. The molecule has 0 bridgehead atoms. The Balaban J connectivity index is 1.60. The van der Waals surface area contributed by atoms with Crippen molar-refractivity contribution in [1.82, 2.24) is 10.6 Å². The maximum Gasteiger partial charge on any atom is 0.337 e. The minimum absolute atomic E-state index is 0.134. The van der Waals surface area contributed by atoms with Crippen molar-refractivity contribution in [2.75, 3.05) is 7.11 Å². The predicted molar refractivity (Wildman–Crippen MR) is 104 cm³/mol. The Bertz CT molecular complexity index is 800. The van der Waals surface area contributed by atoms with Gasteiger partial charge in [0.15, 0.2) is 0 Å². The van der Waals surface area contributed by atoms with Gasteiger partial charge in [0.1, 0.15) is 5.82 Å². The standard InChI is InChI=1S/C22H25FN2O3/c1-28-21(26)18-8-6-15(7-9-18)14-24-22(27)25-20(16-4-2-3-5-16)17-10-12-19(23)13-11-17/h6-13,16,20H,2-5,14H2,1H3,(H2,24,25,27)/t20-/m1/s1. The molecule has 0 radical (unpaired) electrons. The van der Waals surface area contributed by atoms with E-state index in [0.717, 1.165) is 36.8 Å². The molecule has 2 aromatic rings. The first-order chi connectivity index (χ1) is 13.6. The maximum atomic E-state index is 13.3. The molecule has 6 heteroatoms. The van der Waals surface area contributed by atoms with E-state index >= 15 is 0 Å². The van der Waals surface area contributed by atoms with Gasteiger partial charge in [-0.2, -0.15) is 0 Å². The highest BCUT2D eigenvalue weighted by Gasteiger charge is 2.27. The summed E-state index contributed by atoms with van der Waals surface area (Å²) in [4.78, 5) is 23.9. The lowest BCUT2D eigenvalue weighted by Gasteiger charge is -2.25. The second-order valence-electron chi connectivity index (χ2n) is 7.09. The molecule has 0 unspecified atom stereocenters. The summed E-state index contributed by atoms with van der Waals surface area (Å²) in [5, 5.41) is 5.91. The Hall–Kier alpha value is -2.89. The van der Waals surface area contributed by atoms with Crippen molar-refractivity contribution < 1.29 is 18.7 Å². The lowest BCUT2D eigenvalue weighted by atomic mass is 9.91. The van der Waals surface area contributed by atoms with Gasteiger partial charge >= 0.3 is 12.0 Å². The van der Waals surface area contributed by atoms with Crippen molar-refractivity contribution >= 4 is 12.0 Å². The highest BCUT2D eigenvalue weighted by Crippen LogP contribution is 2.35. The summed E-state index contributed by atoms with van der Waals surface area (Å²) in [6.07, 6.45) is 4.41. The Morgan fingerprint density at radius 1 is 1.07 bits per heavy atom. The van der Waals surface area contributed by atoms with E-state index in [1.165, 1.54) is 19.2 Å². The fourth-order valence-corrected chi connectivity index (χ4v) is 3.69. The van der Waals surface area contributed by atoms with Crippen LogP contribution in [0.15, 0.2) is 48.5 Å². The lowest BCUT2D eigenvalue weighted by Crippen LogP contribution is -2.40. The Morgan fingerprint density at radius 2 is 1.71 bits per heavy atom. The summed E-state index contributed by atoms with van der Waals surface area (Å²) in [5.41, 5.74) is 2.26. The van der Waals surface area contributed by atoms with E-state index in [1.807, 2.05) is 0 Å². The first kappa shape index (κ1) is 19.9. The molecule has 1 fully saturated rings. The van der Waals surface area contributed by atoms with Crippen LogP contribution < -0.4 is 10.6 Å². The minimum atomic E-state index is -0.393. The van der Waals surface area contributed by atoms with Gasteiger partial charge in [0.2, 0.25) is 0 Å². The number of esters is 1. The van der Waals surface area contributed by atoms with Crippen LogP contribution in [0, 0.1) is 11.7 Å². The van der Waals surface area contributed by atoms with E-state index < -0.39 is 5.97 Å². The van der Waals surface area contributed by atoms with Crippen molar-refractivity contribution in [3.05, 3.63) is 71.0 Å². The molecule has 1 aliphatic rings. The van der Waals surface area contributed by atoms with Gasteiger partial charge in [0.05, 0.1) is 18.7 Å². The number of ether oxygens (including phenoxy) is 1. The van der Waals surface area contributed by atoms with Crippen molar-refractivity contribution in [2.45, 2.75) is 38.3 Å². The number of hydrogen-bond donors (Lipinski definition) is 2. The van der Waals surface area contributed by atoms with Crippen LogP contribution in [0.4, 0.5) is 9.18 Å². The number of methoxy groups -OCH3 is 1. The zero-order chi connectivity index (χ0) is 19.9. The molecular weight excluding hydrogens is 359 g/mol. The average molecular weight is 384 g/mol. The monoisotopic (exact) mass is 384 g/mol. The van der Waals surface area contributed by atoms with Crippen molar-refractivity contribution in [2.24, 2.45) is 5.92 Å². The van der Waals surface area contributed by atoms with Crippen LogP contribution in [-0.2, 0) is 11.3 Å². The van der Waals surface area contributed by atoms with Gasteiger partial charge in [-0.05, 0) is 54.2 Å². The van der Waals surface area contributed by atoms with Gasteiger partial charge in [-0.15, -0.1) is 0 Å². The third-order valence-corrected chi connectivity index (χ3v) is 5.22. The van der Waals surface area contributed by atoms with Gasteiger partial charge in [0, 0.05) is 6.54 Å². The van der Waals surface area contributed by atoms with Crippen molar-refractivity contribution in [1.29, 1.82) is 0 Å². The number of hydrogen-bond acceptors (Lipinski definition) is 3. The second-order valence-corrected chi connectivity index (χ2v) is 7.09. The summed E-state index contributed by atoms with van der Waals surface area (Å²) in [6, 6.07) is 12.8. The normalized spacial score (nSPS) is 15.1. The highest BCUT2D eigenvalue weighted by molar-refractivity contribution is 5.89. The molecule has 148 valence electrons. The Morgan fingerprint density at radius 3 is 2.32 bits per heavy atom. The number of rotatable bonds is 6. The summed E-state index contributed by atoms with van der Waals surface area (Å²) < 4.78 is 17.9. The van der Waals surface area contributed by atoms with E-state index in [4.69, 9.17) is 0 Å². The average Bonchev–Trinajstić information content (AvgIpc) is 3.25. The first-order valence-corrected chi connectivity index (χ1v) is 9.54. The van der Waals surface area contributed by atoms with Gasteiger partial charge in [-0.25, -0.2) is 14.0 Å². The molecular formula is C22H25FN2O3. The first-order valence-electron chi connectivity index (χ1n) is 9.54. The van der Waals surface area contributed by atoms with Crippen molar-refractivity contribution in [3.8, 4) is 0 Å². The third kappa shape index (κ3) is 5.09. The molecule has 5 nitrogen and oxygen atoms in total. The number of nitrogens with one attached hydrogen (secondary N) is 2. The van der Waals surface area contributed by atoms with Gasteiger partial charge in [0.25, 0.3) is 0 Å². The molecule has 28 heavy (non-hydrogen) atoms. The number of halogens is 1. The molecule has 2 aromatic carbocycles. The predicted octanol–water partition coefficient (Wildman–Crippen LogP) is 4.34. The molecule has 2 amide bonds. The fourth-order valence-electron chi connectivity index (χ4n) is 3.69. The van der Waals surface area contributed by atoms with Crippen LogP contribution in [0.5, 0.6) is 0 Å². The zero-order valence-corrected chi connectivity index (χ0v) is 15.9. The van der Waals surface area contributed by atoms with Crippen LogP contribution in [-0.4, -0.2) is 19.1 Å². The smallest absolute Gasteiger partial charge is 0.337 e. The van der Waals surface area contributed by atoms with E-state index in [0.29, 0.717) is 18.0 Å². The van der Waals surface area contributed by atoms with E-state index in [-0.39, 0.29) is 17.9 Å². The summed E-state index contributed by atoms with van der Waals surface area (Å²) in [5.74, 6) is -0.319. The largest absolute Gasteiger partial charge is 0.465 e. The third-order valence-electron chi connectivity index (χ3n) is 5.22. The highest BCUT2D eigenvalue weighted by atomic mass is 19.1. The second kappa shape index (κ2) is 9.35. The Labute approximate surface area is 164 Å². The number of amides is 2. The molecule has 3 rings (SSSR count). The molecule has 0 saturated heterocycles. The number of carbonyl (C=O) groups excluding carboxylic acids is 2. The summed E-state index contributed by atoms with van der Waals surface area (Å²) >= 11 is 0. The molecule has 1 atom stereocenters. The molecule has 0 aromatic heterocycles. The van der Waals surface area contributed by atoms with E-state index in [1.54, 1.807) is 36.4 Å². The number of benzene rings is 2. The SMILES string of the molecule is COC(=O)c1ccc(CNC(=O)N[C@@H](c2ccc(F)cc2)C2CCCC2)cc1. The minimum Gasteiger partial charge on any atom is -0.465 e. The Kier molecular flexibility index (Phi) is 6.63. The van der Waals surface area contributed by atoms with Crippen LogP contribution in [0.1, 0.15) is 53.2 Å². The topological polar surface area (TPSA) is 67.4 Å². The van der Waals surface area contributed by atoms with Gasteiger partial charge in [-0.1, -0.05) is 37.1 Å². The van der Waals surface area contributed by atoms with Gasteiger partial charge in [-0.3, -0.25) is 0 Å². The molecule has 0 heterocycles. The molecule has 0 spiro atoms.